The highest BCUT2D eigenvalue weighted by Crippen LogP contribution is 2.17. The van der Waals surface area contributed by atoms with Gasteiger partial charge in [-0.1, -0.05) is 4.52 Å². The van der Waals surface area contributed by atoms with E-state index in [0.29, 0.717) is 0 Å². The predicted molar refractivity (Wildman–Crippen MR) is 27.4 cm³/mol. The smallest absolute Gasteiger partial charge is 0.352 e. The van der Waals surface area contributed by atoms with Gasteiger partial charge in [0, 0.05) is 11.7 Å². The zero-order valence-electron chi connectivity index (χ0n) is 4.70. The molecule has 48 valence electrons. The minimum Gasteiger partial charge on any atom is -0.352 e. The number of ether oxygens (including phenoxy) is 1. The topological polar surface area (TPSA) is 55.8 Å². The van der Waals surface area contributed by atoms with Crippen molar-refractivity contribution >= 4 is 8.25 Å². The van der Waals surface area contributed by atoms with E-state index in [0.717, 1.165) is 0 Å². The first kappa shape index (κ1) is 7.98. The van der Waals surface area contributed by atoms with E-state index in [-0.39, 0.29) is 0 Å². The molecule has 0 bridgehead atoms. The maximum absolute atomic E-state index is 9.81. The monoisotopic (exact) mass is 139 g/mol. The summed E-state index contributed by atoms with van der Waals surface area (Å²) in [5.74, 6) is 0. The van der Waals surface area contributed by atoms with Gasteiger partial charge in [0.15, 0.2) is 0 Å². The maximum atomic E-state index is 9.81. The van der Waals surface area contributed by atoms with Gasteiger partial charge in [-0.2, -0.15) is 0 Å². The SMILES string of the molecule is COC(C)O[P+](=O)O. The molecule has 0 aliphatic rings. The first-order chi connectivity index (χ1) is 3.66. The Balaban J connectivity index is 3.24. The Bertz CT molecular complexity index is 83.4. The maximum Gasteiger partial charge on any atom is 0.697 e. The van der Waals surface area contributed by atoms with Gasteiger partial charge in [-0.05, 0) is 6.92 Å². The molecule has 2 unspecified atom stereocenters. The van der Waals surface area contributed by atoms with Crippen molar-refractivity contribution in [3.63, 3.8) is 0 Å². The Morgan fingerprint density at radius 3 is 2.38 bits per heavy atom. The van der Waals surface area contributed by atoms with Gasteiger partial charge in [0.1, 0.15) is 0 Å². The van der Waals surface area contributed by atoms with E-state index in [1.165, 1.54) is 14.0 Å². The number of rotatable bonds is 3. The summed E-state index contributed by atoms with van der Waals surface area (Å²) in [5, 5.41) is 0. The molecule has 0 radical (unpaired) electrons. The lowest BCUT2D eigenvalue weighted by molar-refractivity contribution is -0.0392. The van der Waals surface area contributed by atoms with Crippen molar-refractivity contribution in [1.82, 2.24) is 0 Å². The van der Waals surface area contributed by atoms with E-state index in [2.05, 4.69) is 9.26 Å². The second-order valence-electron chi connectivity index (χ2n) is 1.15. The first-order valence-electron chi connectivity index (χ1n) is 2.02. The molecular formula is C3H8O4P+. The summed E-state index contributed by atoms with van der Waals surface area (Å²) in [7, 11) is -1.13. The minimum absolute atomic E-state index is 0.608. The molecule has 0 fully saturated rings. The summed E-state index contributed by atoms with van der Waals surface area (Å²) in [6.45, 7) is 1.53. The van der Waals surface area contributed by atoms with E-state index in [1.807, 2.05) is 0 Å². The van der Waals surface area contributed by atoms with Crippen molar-refractivity contribution in [3.8, 4) is 0 Å². The molecule has 5 heteroatoms. The third-order valence-electron chi connectivity index (χ3n) is 0.571. The molecule has 8 heavy (non-hydrogen) atoms. The van der Waals surface area contributed by atoms with Crippen LogP contribution in [0.4, 0.5) is 0 Å². The molecule has 0 rings (SSSR count). The highest BCUT2D eigenvalue weighted by Gasteiger charge is 2.17. The molecule has 0 amide bonds. The highest BCUT2D eigenvalue weighted by molar-refractivity contribution is 7.32. The van der Waals surface area contributed by atoms with Crippen molar-refractivity contribution < 1.29 is 18.7 Å². The van der Waals surface area contributed by atoms with Gasteiger partial charge in [0.05, 0.1) is 0 Å². The van der Waals surface area contributed by atoms with Crippen LogP contribution in [0.2, 0.25) is 0 Å². The van der Waals surface area contributed by atoms with Crippen LogP contribution >= 0.6 is 8.25 Å². The van der Waals surface area contributed by atoms with Crippen molar-refractivity contribution in [2.45, 2.75) is 13.2 Å². The lowest BCUT2D eigenvalue weighted by Gasteiger charge is -1.96. The summed E-state index contributed by atoms with van der Waals surface area (Å²) in [4.78, 5) is 8.06. The second-order valence-corrected chi connectivity index (χ2v) is 1.83. The summed E-state index contributed by atoms with van der Waals surface area (Å²) in [5.41, 5.74) is 0. The Kier molecular flexibility index (Phi) is 3.91. The van der Waals surface area contributed by atoms with Crippen LogP contribution in [0.15, 0.2) is 0 Å². The van der Waals surface area contributed by atoms with Crippen LogP contribution in [0.5, 0.6) is 0 Å². The number of hydrogen-bond acceptors (Lipinski definition) is 3. The molecule has 0 saturated heterocycles. The van der Waals surface area contributed by atoms with Crippen LogP contribution < -0.4 is 0 Å². The van der Waals surface area contributed by atoms with E-state index in [4.69, 9.17) is 4.89 Å². The van der Waals surface area contributed by atoms with Crippen LogP contribution in [0.1, 0.15) is 6.92 Å². The normalized spacial score (nSPS) is 15.6. The van der Waals surface area contributed by atoms with Gasteiger partial charge >= 0.3 is 8.25 Å². The van der Waals surface area contributed by atoms with Crippen LogP contribution in [0.3, 0.4) is 0 Å². The lowest BCUT2D eigenvalue weighted by atomic mass is 10.8. The quantitative estimate of drug-likeness (QED) is 0.460. The average Bonchev–Trinajstić information content (AvgIpc) is 1.65. The van der Waals surface area contributed by atoms with Crippen molar-refractivity contribution in [2.75, 3.05) is 7.11 Å². The summed E-state index contributed by atoms with van der Waals surface area (Å²) >= 11 is 0. The van der Waals surface area contributed by atoms with Crippen LogP contribution in [-0.2, 0) is 13.8 Å². The number of methoxy groups -OCH3 is 1. The van der Waals surface area contributed by atoms with E-state index < -0.39 is 14.5 Å². The molecule has 0 aromatic heterocycles. The summed E-state index contributed by atoms with van der Waals surface area (Å²) in [6.07, 6.45) is -0.608. The van der Waals surface area contributed by atoms with Crippen molar-refractivity contribution in [3.05, 3.63) is 0 Å². The molecule has 1 N–H and O–H groups in total. The van der Waals surface area contributed by atoms with Gasteiger partial charge < -0.3 is 4.74 Å². The van der Waals surface area contributed by atoms with Gasteiger partial charge in [-0.3, -0.25) is 0 Å². The predicted octanol–water partition coefficient (Wildman–Crippen LogP) is 0.645. The molecule has 4 nitrogen and oxygen atoms in total. The summed E-state index contributed by atoms with van der Waals surface area (Å²) in [6, 6.07) is 0. The Hall–Kier alpha value is -0.0200. The van der Waals surface area contributed by atoms with Crippen LogP contribution in [-0.4, -0.2) is 18.3 Å². The molecule has 0 aromatic rings. The van der Waals surface area contributed by atoms with Crippen LogP contribution in [0.25, 0.3) is 0 Å². The van der Waals surface area contributed by atoms with Gasteiger partial charge in [0.2, 0.25) is 6.29 Å². The Morgan fingerprint density at radius 2 is 2.25 bits per heavy atom. The average molecular weight is 139 g/mol. The zero-order chi connectivity index (χ0) is 6.57. The first-order valence-corrected chi connectivity index (χ1v) is 3.15. The van der Waals surface area contributed by atoms with Crippen LogP contribution in [0, 0.1) is 0 Å². The molecule has 0 saturated carbocycles. The molecular weight excluding hydrogens is 131 g/mol. The molecule has 0 aliphatic heterocycles. The molecule has 2 atom stereocenters. The zero-order valence-corrected chi connectivity index (χ0v) is 5.59. The number of hydrogen-bond donors (Lipinski definition) is 1. The van der Waals surface area contributed by atoms with Gasteiger partial charge in [-0.15, -0.1) is 4.89 Å². The summed E-state index contributed by atoms with van der Waals surface area (Å²) < 4.78 is 18.6. The minimum atomic E-state index is -2.52. The largest absolute Gasteiger partial charge is 0.697 e. The van der Waals surface area contributed by atoms with Gasteiger partial charge in [0.25, 0.3) is 0 Å². The second kappa shape index (κ2) is 3.92. The van der Waals surface area contributed by atoms with Crippen molar-refractivity contribution in [1.29, 1.82) is 0 Å². The van der Waals surface area contributed by atoms with E-state index in [1.54, 1.807) is 0 Å². The molecule has 0 aromatic carbocycles. The lowest BCUT2D eigenvalue weighted by Crippen LogP contribution is -2.04. The molecule has 0 heterocycles. The third-order valence-corrected chi connectivity index (χ3v) is 1.05. The fraction of sp³-hybridized carbons (Fsp3) is 1.00. The molecule has 0 spiro atoms. The van der Waals surface area contributed by atoms with E-state index >= 15 is 0 Å². The third kappa shape index (κ3) is 4.15. The fourth-order valence-corrected chi connectivity index (χ4v) is 0.510. The van der Waals surface area contributed by atoms with Crippen molar-refractivity contribution in [2.24, 2.45) is 0 Å². The Morgan fingerprint density at radius 1 is 1.75 bits per heavy atom. The van der Waals surface area contributed by atoms with Gasteiger partial charge in [-0.25, -0.2) is 0 Å². The Labute approximate surface area is 48.4 Å². The molecule has 0 aliphatic carbocycles. The highest BCUT2D eigenvalue weighted by atomic mass is 31.1. The standard InChI is InChI=1S/C3H7O4P/c1-3(6-2)7-8(4)5/h3H,1-2H3/p+1. The van der Waals surface area contributed by atoms with E-state index in [9.17, 15) is 4.57 Å². The fourth-order valence-electron chi connectivity index (χ4n) is 0.170.